The SMILES string of the molecule is COc1ccc(-c2nc(C3=CCN(C)CC3)sc2-c2ccc(OC)cc2)cc1. The minimum absolute atomic E-state index is 0.850. The Morgan fingerprint density at radius 1 is 0.893 bits per heavy atom. The molecule has 0 radical (unpaired) electrons. The molecule has 28 heavy (non-hydrogen) atoms. The molecule has 0 aliphatic carbocycles. The maximum absolute atomic E-state index is 5.32. The lowest BCUT2D eigenvalue weighted by Gasteiger charge is -2.20. The van der Waals surface area contributed by atoms with Gasteiger partial charge < -0.3 is 14.4 Å². The Morgan fingerprint density at radius 2 is 1.50 bits per heavy atom. The van der Waals surface area contributed by atoms with Gasteiger partial charge in [-0.25, -0.2) is 4.98 Å². The summed E-state index contributed by atoms with van der Waals surface area (Å²) in [6.07, 6.45) is 3.34. The molecule has 0 unspecified atom stereocenters. The van der Waals surface area contributed by atoms with E-state index in [9.17, 15) is 0 Å². The summed E-state index contributed by atoms with van der Waals surface area (Å²) in [7, 11) is 5.53. The summed E-state index contributed by atoms with van der Waals surface area (Å²) in [5.41, 5.74) is 4.62. The maximum atomic E-state index is 5.32. The molecule has 144 valence electrons. The highest BCUT2D eigenvalue weighted by molar-refractivity contribution is 7.16. The van der Waals surface area contributed by atoms with Crippen LogP contribution >= 0.6 is 11.3 Å². The Morgan fingerprint density at radius 3 is 2.04 bits per heavy atom. The third kappa shape index (κ3) is 3.81. The van der Waals surface area contributed by atoms with Crippen LogP contribution in [-0.2, 0) is 0 Å². The zero-order valence-electron chi connectivity index (χ0n) is 16.4. The van der Waals surface area contributed by atoms with E-state index < -0.39 is 0 Å². The Balaban J connectivity index is 1.79. The molecule has 2 heterocycles. The van der Waals surface area contributed by atoms with Crippen LogP contribution in [-0.4, -0.2) is 44.2 Å². The van der Waals surface area contributed by atoms with Crippen molar-refractivity contribution in [3.05, 3.63) is 59.6 Å². The Bertz CT molecular complexity index is 910. The second-order valence-electron chi connectivity index (χ2n) is 6.90. The van der Waals surface area contributed by atoms with Crippen LogP contribution in [0.1, 0.15) is 11.4 Å². The Hall–Kier alpha value is -2.63. The lowest BCUT2D eigenvalue weighted by atomic mass is 10.1. The summed E-state index contributed by atoms with van der Waals surface area (Å²) in [5.74, 6) is 1.71. The highest BCUT2D eigenvalue weighted by Crippen LogP contribution is 2.40. The van der Waals surface area contributed by atoms with Crippen LogP contribution in [0.25, 0.3) is 27.3 Å². The predicted octanol–water partition coefficient (Wildman–Crippen LogP) is 5.21. The van der Waals surface area contributed by atoms with Gasteiger partial charge in [-0.1, -0.05) is 6.08 Å². The molecular formula is C23H24N2O2S. The van der Waals surface area contributed by atoms with E-state index in [0.29, 0.717) is 0 Å². The summed E-state index contributed by atoms with van der Waals surface area (Å²) in [6, 6.07) is 16.3. The van der Waals surface area contributed by atoms with Crippen LogP contribution in [0.15, 0.2) is 54.6 Å². The summed E-state index contributed by atoms with van der Waals surface area (Å²) < 4.78 is 10.6. The topological polar surface area (TPSA) is 34.6 Å². The molecule has 0 saturated heterocycles. The number of hydrogen-bond acceptors (Lipinski definition) is 5. The van der Waals surface area contributed by atoms with Crippen LogP contribution in [0.4, 0.5) is 0 Å². The second kappa shape index (κ2) is 8.17. The molecule has 2 aromatic carbocycles. The molecule has 3 aromatic rings. The van der Waals surface area contributed by atoms with Crippen LogP contribution in [0.5, 0.6) is 11.5 Å². The fraction of sp³-hybridized carbons (Fsp3) is 0.261. The van der Waals surface area contributed by atoms with Crippen LogP contribution < -0.4 is 9.47 Å². The van der Waals surface area contributed by atoms with E-state index in [0.717, 1.165) is 52.8 Å². The van der Waals surface area contributed by atoms with Crippen LogP contribution in [0.3, 0.4) is 0 Å². The summed E-state index contributed by atoms with van der Waals surface area (Å²) in [4.78, 5) is 8.57. The predicted molar refractivity (Wildman–Crippen MR) is 116 cm³/mol. The first-order valence-corrected chi connectivity index (χ1v) is 10.2. The molecule has 4 nitrogen and oxygen atoms in total. The molecule has 1 aliphatic heterocycles. The number of ether oxygens (including phenoxy) is 2. The van der Waals surface area contributed by atoms with Crippen molar-refractivity contribution in [2.24, 2.45) is 0 Å². The standard InChI is InChI=1S/C23H24N2O2S/c1-25-14-12-18(13-15-25)23-24-21(16-4-8-19(26-2)9-5-16)22(28-23)17-6-10-20(27-3)11-7-17/h4-12H,13-15H2,1-3H3. The van der Waals surface area contributed by atoms with Crippen molar-refractivity contribution in [3.8, 4) is 33.2 Å². The molecule has 1 aromatic heterocycles. The van der Waals surface area contributed by atoms with Crippen molar-refractivity contribution in [3.63, 3.8) is 0 Å². The van der Waals surface area contributed by atoms with E-state index in [4.69, 9.17) is 14.5 Å². The normalized spacial score (nSPS) is 14.6. The molecule has 5 heteroatoms. The first-order chi connectivity index (χ1) is 13.7. The van der Waals surface area contributed by atoms with Crippen molar-refractivity contribution in [2.75, 3.05) is 34.4 Å². The fourth-order valence-corrected chi connectivity index (χ4v) is 4.47. The van der Waals surface area contributed by atoms with E-state index in [2.05, 4.69) is 42.3 Å². The molecule has 0 saturated carbocycles. The molecule has 0 N–H and O–H groups in total. The number of nitrogens with zero attached hydrogens (tertiary/aromatic N) is 2. The van der Waals surface area contributed by atoms with Crippen molar-refractivity contribution in [1.82, 2.24) is 9.88 Å². The molecular weight excluding hydrogens is 368 g/mol. The van der Waals surface area contributed by atoms with Gasteiger partial charge in [0.1, 0.15) is 16.5 Å². The maximum Gasteiger partial charge on any atom is 0.120 e. The average molecular weight is 393 g/mol. The number of benzene rings is 2. The van der Waals surface area contributed by atoms with Gasteiger partial charge in [0.15, 0.2) is 0 Å². The smallest absolute Gasteiger partial charge is 0.120 e. The van der Waals surface area contributed by atoms with Gasteiger partial charge in [-0.15, -0.1) is 11.3 Å². The summed E-state index contributed by atoms with van der Waals surface area (Å²) in [5, 5.41) is 1.12. The molecule has 0 fully saturated rings. The number of methoxy groups -OCH3 is 2. The third-order valence-electron chi connectivity index (χ3n) is 5.03. The zero-order valence-corrected chi connectivity index (χ0v) is 17.3. The fourth-order valence-electron chi connectivity index (χ4n) is 3.31. The van der Waals surface area contributed by atoms with E-state index >= 15 is 0 Å². The third-order valence-corrected chi connectivity index (χ3v) is 6.21. The highest BCUT2D eigenvalue weighted by Gasteiger charge is 2.19. The lowest BCUT2D eigenvalue weighted by molar-refractivity contribution is 0.370. The quantitative estimate of drug-likeness (QED) is 0.597. The van der Waals surface area contributed by atoms with Gasteiger partial charge in [0.05, 0.1) is 24.8 Å². The minimum Gasteiger partial charge on any atom is -0.497 e. The largest absolute Gasteiger partial charge is 0.497 e. The Labute approximate surface area is 170 Å². The van der Waals surface area contributed by atoms with Gasteiger partial charge >= 0.3 is 0 Å². The number of thiazole rings is 1. The van der Waals surface area contributed by atoms with E-state index in [-0.39, 0.29) is 0 Å². The van der Waals surface area contributed by atoms with Crippen molar-refractivity contribution >= 4 is 16.9 Å². The lowest BCUT2D eigenvalue weighted by Crippen LogP contribution is -2.23. The first kappa shape index (κ1) is 18.7. The highest BCUT2D eigenvalue weighted by atomic mass is 32.1. The van der Waals surface area contributed by atoms with E-state index in [1.807, 2.05) is 24.3 Å². The monoisotopic (exact) mass is 392 g/mol. The van der Waals surface area contributed by atoms with E-state index in [1.54, 1.807) is 25.6 Å². The number of aromatic nitrogens is 1. The van der Waals surface area contributed by atoms with Gasteiger partial charge in [0.25, 0.3) is 0 Å². The molecule has 0 bridgehead atoms. The first-order valence-electron chi connectivity index (χ1n) is 9.35. The van der Waals surface area contributed by atoms with Crippen molar-refractivity contribution in [1.29, 1.82) is 0 Å². The van der Waals surface area contributed by atoms with Crippen LogP contribution in [0, 0.1) is 0 Å². The number of rotatable bonds is 5. The summed E-state index contributed by atoms with van der Waals surface area (Å²) in [6.45, 7) is 2.05. The average Bonchev–Trinajstić information content (AvgIpc) is 3.20. The van der Waals surface area contributed by atoms with Gasteiger partial charge in [0.2, 0.25) is 0 Å². The van der Waals surface area contributed by atoms with Crippen LogP contribution in [0.2, 0.25) is 0 Å². The summed E-state index contributed by atoms with van der Waals surface area (Å²) >= 11 is 1.77. The minimum atomic E-state index is 0.850. The molecule has 1 aliphatic rings. The molecule has 4 rings (SSSR count). The van der Waals surface area contributed by atoms with Gasteiger partial charge in [0, 0.05) is 18.7 Å². The molecule has 0 amide bonds. The zero-order chi connectivity index (χ0) is 19.5. The second-order valence-corrected chi connectivity index (χ2v) is 7.89. The molecule has 0 atom stereocenters. The number of hydrogen-bond donors (Lipinski definition) is 0. The molecule has 0 spiro atoms. The number of likely N-dealkylation sites (N-methyl/N-ethyl adjacent to an activating group) is 1. The van der Waals surface area contributed by atoms with Gasteiger partial charge in [-0.3, -0.25) is 0 Å². The van der Waals surface area contributed by atoms with E-state index in [1.165, 1.54) is 10.5 Å². The Kier molecular flexibility index (Phi) is 5.46. The van der Waals surface area contributed by atoms with Crippen molar-refractivity contribution < 1.29 is 9.47 Å². The van der Waals surface area contributed by atoms with Gasteiger partial charge in [-0.2, -0.15) is 0 Å². The van der Waals surface area contributed by atoms with Gasteiger partial charge in [-0.05, 0) is 73.1 Å². The van der Waals surface area contributed by atoms with Crippen molar-refractivity contribution in [2.45, 2.75) is 6.42 Å².